The Morgan fingerprint density at radius 1 is 1.12 bits per heavy atom. The number of hydrogen-bond donors (Lipinski definition) is 0. The van der Waals surface area contributed by atoms with Crippen LogP contribution in [0.2, 0.25) is 5.02 Å². The Morgan fingerprint density at radius 3 is 2.35 bits per heavy atom. The van der Waals surface area contributed by atoms with Gasteiger partial charge in [0.05, 0.1) is 11.0 Å². The quantitative estimate of drug-likeness (QED) is 0.478. The third kappa shape index (κ3) is 4.95. The number of hydrogen-bond acceptors (Lipinski definition) is 2. The van der Waals surface area contributed by atoms with Crippen molar-refractivity contribution in [2.45, 2.75) is 47.5 Å². The largest absolute Gasteiger partial charge is 0.299 e. The summed E-state index contributed by atoms with van der Waals surface area (Å²) in [6, 6.07) is 13.1. The zero-order valence-corrected chi connectivity index (χ0v) is 17.0. The maximum Gasteiger partial charge on any atom is 0.159 e. The number of nitrogens with zero attached hydrogens (tertiary/aromatic N) is 2. The molecule has 0 spiro atoms. The second kappa shape index (κ2) is 8.50. The highest BCUT2D eigenvalue weighted by molar-refractivity contribution is 6.30. The number of aromatic nitrogens is 2. The van der Waals surface area contributed by atoms with Gasteiger partial charge in [0.2, 0.25) is 0 Å². The fourth-order valence-corrected chi connectivity index (χ4v) is 2.50. The summed E-state index contributed by atoms with van der Waals surface area (Å²) in [4.78, 5) is 15.7. The molecule has 0 atom stereocenters. The van der Waals surface area contributed by atoms with Crippen LogP contribution in [0.5, 0.6) is 0 Å². The Kier molecular flexibility index (Phi) is 6.60. The molecule has 0 aliphatic rings. The second-order valence-corrected chi connectivity index (χ2v) is 7.66. The van der Waals surface area contributed by atoms with Crippen molar-refractivity contribution in [2.24, 2.45) is 5.41 Å². The zero-order valence-electron chi connectivity index (χ0n) is 16.2. The average Bonchev–Trinajstić information content (AvgIpc) is 3.05. The molecule has 0 amide bonds. The van der Waals surface area contributed by atoms with E-state index in [-0.39, 0.29) is 5.78 Å². The molecule has 0 saturated carbocycles. The van der Waals surface area contributed by atoms with Crippen LogP contribution in [0.4, 0.5) is 0 Å². The predicted octanol–water partition coefficient (Wildman–Crippen LogP) is 6.71. The third-order valence-electron chi connectivity index (χ3n) is 4.95. The summed E-state index contributed by atoms with van der Waals surface area (Å²) in [6.07, 6.45) is 4.33. The summed E-state index contributed by atoms with van der Waals surface area (Å²) in [5, 5.41) is 0.680. The van der Waals surface area contributed by atoms with E-state index < -0.39 is 0 Å². The smallest absolute Gasteiger partial charge is 0.159 e. The van der Waals surface area contributed by atoms with Gasteiger partial charge >= 0.3 is 0 Å². The van der Waals surface area contributed by atoms with Crippen molar-refractivity contribution in [1.29, 1.82) is 0 Å². The Labute approximate surface area is 161 Å². The van der Waals surface area contributed by atoms with E-state index in [1.807, 2.05) is 41.0 Å². The topological polar surface area (TPSA) is 34.9 Å². The van der Waals surface area contributed by atoms with E-state index in [9.17, 15) is 4.79 Å². The fourth-order valence-electron chi connectivity index (χ4n) is 2.31. The van der Waals surface area contributed by atoms with Gasteiger partial charge in [-0.05, 0) is 48.7 Å². The van der Waals surface area contributed by atoms with Crippen LogP contribution >= 0.6 is 11.6 Å². The first-order chi connectivity index (χ1) is 12.3. The lowest BCUT2D eigenvalue weighted by atomic mass is 9.88. The molecule has 1 aromatic heterocycles. The third-order valence-corrected chi connectivity index (χ3v) is 5.19. The van der Waals surface area contributed by atoms with Crippen molar-refractivity contribution in [3.05, 3.63) is 59.4 Å². The molecule has 3 aromatic rings. The van der Waals surface area contributed by atoms with Crippen molar-refractivity contribution in [1.82, 2.24) is 9.55 Å². The van der Waals surface area contributed by atoms with Gasteiger partial charge in [-0.2, -0.15) is 0 Å². The van der Waals surface area contributed by atoms with E-state index >= 15 is 0 Å². The lowest BCUT2D eigenvalue weighted by Gasteiger charge is -2.18. The molecule has 4 heteroatoms. The molecule has 0 fully saturated rings. The molecule has 0 bridgehead atoms. The number of imidazole rings is 1. The molecule has 26 heavy (non-hydrogen) atoms. The number of carbonyl (C=O) groups is 1. The van der Waals surface area contributed by atoms with Gasteiger partial charge in [0.25, 0.3) is 0 Å². The van der Waals surface area contributed by atoms with Gasteiger partial charge in [-0.3, -0.25) is 9.36 Å². The van der Waals surface area contributed by atoms with Crippen LogP contribution in [-0.4, -0.2) is 15.3 Å². The molecule has 0 N–H and O–H groups in total. The number of benzene rings is 2. The summed E-state index contributed by atoms with van der Waals surface area (Å²) in [6.45, 7) is 10.6. The normalized spacial score (nSPS) is 11.2. The van der Waals surface area contributed by atoms with Gasteiger partial charge in [0, 0.05) is 16.3 Å². The molecular weight excluding hydrogens is 344 g/mol. The minimum atomic E-state index is 0.0409. The van der Waals surface area contributed by atoms with Crippen LogP contribution in [0.3, 0.4) is 0 Å². The van der Waals surface area contributed by atoms with Crippen molar-refractivity contribution in [3.63, 3.8) is 0 Å². The Hall–Kier alpha value is -2.13. The summed E-state index contributed by atoms with van der Waals surface area (Å²) in [5.41, 5.74) is 3.95. The Bertz CT molecular complexity index is 890. The minimum Gasteiger partial charge on any atom is -0.299 e. The van der Waals surface area contributed by atoms with Gasteiger partial charge < -0.3 is 0 Å². The minimum absolute atomic E-state index is 0.0409. The summed E-state index contributed by atoms with van der Waals surface area (Å²) >= 11 is 6.00. The molecule has 3 rings (SSSR count). The van der Waals surface area contributed by atoms with E-state index in [1.165, 1.54) is 12.8 Å². The van der Waals surface area contributed by atoms with Crippen LogP contribution < -0.4 is 0 Å². The van der Waals surface area contributed by atoms with Gasteiger partial charge in [-0.25, -0.2) is 4.98 Å². The maximum atomic E-state index is 11.4. The first-order valence-corrected chi connectivity index (χ1v) is 9.39. The first-order valence-electron chi connectivity index (χ1n) is 9.01. The monoisotopic (exact) mass is 370 g/mol. The summed E-state index contributed by atoms with van der Waals surface area (Å²) in [7, 11) is 0. The number of fused-ring (bicyclic) bond motifs is 1. The molecule has 3 nitrogen and oxygen atoms in total. The first kappa shape index (κ1) is 20.2. The van der Waals surface area contributed by atoms with E-state index in [0.717, 1.165) is 16.7 Å². The van der Waals surface area contributed by atoms with Crippen molar-refractivity contribution >= 4 is 28.4 Å². The molecule has 2 aromatic carbocycles. The van der Waals surface area contributed by atoms with Crippen LogP contribution in [0.1, 0.15) is 57.8 Å². The predicted molar refractivity (Wildman–Crippen MR) is 110 cm³/mol. The van der Waals surface area contributed by atoms with E-state index in [1.54, 1.807) is 19.3 Å². The Morgan fingerprint density at radius 2 is 1.81 bits per heavy atom. The molecule has 0 saturated heterocycles. The zero-order chi connectivity index (χ0) is 19.3. The van der Waals surface area contributed by atoms with Crippen molar-refractivity contribution in [3.8, 4) is 5.69 Å². The lowest BCUT2D eigenvalue weighted by Crippen LogP contribution is -2.05. The highest BCUT2D eigenvalue weighted by Gasteiger charge is 2.10. The number of rotatable bonds is 4. The van der Waals surface area contributed by atoms with Crippen LogP contribution in [0, 0.1) is 5.41 Å². The van der Waals surface area contributed by atoms with Crippen LogP contribution in [0.15, 0.2) is 48.8 Å². The highest BCUT2D eigenvalue weighted by atomic mass is 35.5. The van der Waals surface area contributed by atoms with E-state index in [2.05, 4.69) is 32.7 Å². The number of ketones is 1. The van der Waals surface area contributed by atoms with Crippen LogP contribution in [-0.2, 0) is 0 Å². The number of carbonyl (C=O) groups excluding carboxylic acids is 1. The van der Waals surface area contributed by atoms with Crippen molar-refractivity contribution < 1.29 is 4.79 Å². The lowest BCUT2D eigenvalue weighted by molar-refractivity contribution is 0.101. The van der Waals surface area contributed by atoms with Gasteiger partial charge in [-0.15, -0.1) is 0 Å². The molecule has 0 radical (unpaired) electrons. The maximum absolute atomic E-state index is 11.4. The highest BCUT2D eigenvalue weighted by Crippen LogP contribution is 2.23. The molecule has 0 aliphatic heterocycles. The second-order valence-electron chi connectivity index (χ2n) is 7.23. The van der Waals surface area contributed by atoms with Gasteiger partial charge in [0.15, 0.2) is 5.78 Å². The fraction of sp³-hybridized carbons (Fsp3) is 0.364. The number of Topliss-reactive ketones (excluding diaryl/α,β-unsaturated/α-hetero) is 1. The molecular formula is C22H27ClN2O. The SMILES string of the molecule is CC(=O)c1ccc2c(c1)ncn2-c1cccc(Cl)c1.CCC(C)(C)CC. The molecule has 0 aliphatic carbocycles. The molecule has 138 valence electrons. The average molecular weight is 371 g/mol. The molecule has 1 heterocycles. The van der Waals surface area contributed by atoms with Gasteiger partial charge in [0.1, 0.15) is 6.33 Å². The van der Waals surface area contributed by atoms with E-state index in [4.69, 9.17) is 11.6 Å². The summed E-state index contributed by atoms with van der Waals surface area (Å²) < 4.78 is 1.95. The number of halogens is 1. The van der Waals surface area contributed by atoms with E-state index in [0.29, 0.717) is 16.0 Å². The Balaban J connectivity index is 0.000000298. The molecule has 0 unspecified atom stereocenters. The summed E-state index contributed by atoms with van der Waals surface area (Å²) in [5.74, 6) is 0.0409. The standard InChI is InChI=1S/C15H11ClN2O.C7H16/c1-10(19)11-5-6-15-14(7-11)17-9-18(15)13-4-2-3-12(16)8-13;1-5-7(3,4)6-2/h2-9H,1H3;5-6H2,1-4H3. The van der Waals surface area contributed by atoms with Crippen molar-refractivity contribution in [2.75, 3.05) is 0 Å². The van der Waals surface area contributed by atoms with Gasteiger partial charge in [-0.1, -0.05) is 58.2 Å². The van der Waals surface area contributed by atoms with Crippen LogP contribution in [0.25, 0.3) is 16.7 Å².